The molecule has 6 heteroatoms. The lowest BCUT2D eigenvalue weighted by atomic mass is 9.98. The molecule has 1 amide bonds. The van der Waals surface area contributed by atoms with Crippen LogP contribution in [0, 0.1) is 17.2 Å². The third-order valence-corrected chi connectivity index (χ3v) is 5.16. The largest absolute Gasteiger partial charge is 0.355 e. The van der Waals surface area contributed by atoms with Gasteiger partial charge in [0.1, 0.15) is 5.69 Å². The fourth-order valence-corrected chi connectivity index (χ4v) is 3.39. The van der Waals surface area contributed by atoms with Crippen molar-refractivity contribution < 1.29 is 4.79 Å². The number of anilines is 1. The number of aromatic nitrogens is 2. The quantitative estimate of drug-likeness (QED) is 0.794. The lowest BCUT2D eigenvalue weighted by Crippen LogP contribution is -2.36. The van der Waals surface area contributed by atoms with Crippen LogP contribution in [0.1, 0.15) is 51.1 Å². The number of unbranched alkanes of at least 4 members (excludes halogenated alkanes) is 1. The zero-order chi connectivity index (χ0) is 19.2. The minimum absolute atomic E-state index is 0.290. The summed E-state index contributed by atoms with van der Waals surface area (Å²) < 4.78 is 0. The molecule has 1 saturated heterocycles. The predicted molar refractivity (Wildman–Crippen MR) is 106 cm³/mol. The van der Waals surface area contributed by atoms with Gasteiger partial charge in [-0.2, -0.15) is 5.26 Å². The monoisotopic (exact) mass is 365 g/mol. The third-order valence-electron chi connectivity index (χ3n) is 5.16. The molecule has 3 rings (SSSR count). The minimum atomic E-state index is -0.951. The van der Waals surface area contributed by atoms with Crippen molar-refractivity contribution in [3.8, 4) is 6.07 Å². The number of carbonyl (C=O) groups excluding carboxylic acids is 1. The van der Waals surface area contributed by atoms with Crippen molar-refractivity contribution in [2.24, 2.45) is 5.92 Å². The normalized spacial score (nSPS) is 16.1. The van der Waals surface area contributed by atoms with Gasteiger partial charge >= 0.3 is 0 Å². The van der Waals surface area contributed by atoms with Crippen LogP contribution >= 0.6 is 0 Å². The number of amides is 1. The highest BCUT2D eigenvalue weighted by Crippen LogP contribution is 2.30. The van der Waals surface area contributed by atoms with E-state index in [9.17, 15) is 10.1 Å². The second-order valence-electron chi connectivity index (χ2n) is 7.30. The van der Waals surface area contributed by atoms with Crippen LogP contribution in [0.5, 0.6) is 0 Å². The maximum Gasteiger partial charge on any atom is 0.243 e. The Morgan fingerprint density at radius 2 is 1.96 bits per heavy atom. The molecule has 1 aromatic carbocycles. The van der Waals surface area contributed by atoms with Crippen molar-refractivity contribution in [2.75, 3.05) is 24.5 Å². The predicted octanol–water partition coefficient (Wildman–Crippen LogP) is 3.39. The van der Waals surface area contributed by atoms with E-state index in [1.54, 1.807) is 0 Å². The number of nitrogens with zero attached hydrogens (tertiary/aromatic N) is 4. The van der Waals surface area contributed by atoms with E-state index in [0.717, 1.165) is 44.3 Å². The summed E-state index contributed by atoms with van der Waals surface area (Å²) in [6.45, 7) is 6.64. The molecule has 0 saturated carbocycles. The number of piperidine rings is 1. The average Bonchev–Trinajstić information content (AvgIpc) is 2.69. The fraction of sp³-hybridized carbons (Fsp3) is 0.524. The zero-order valence-corrected chi connectivity index (χ0v) is 16.1. The molecule has 1 aliphatic heterocycles. The van der Waals surface area contributed by atoms with Crippen LogP contribution in [0.3, 0.4) is 0 Å². The Morgan fingerprint density at radius 3 is 2.59 bits per heavy atom. The molecule has 1 N–H and O–H groups in total. The SMILES string of the molecule is CCCCNC(=O)[C@@H](C#N)c1nc2ccccc2nc1N1CCC(C)CC1. The van der Waals surface area contributed by atoms with Crippen molar-refractivity contribution in [1.29, 1.82) is 5.26 Å². The van der Waals surface area contributed by atoms with Crippen LogP contribution in [0.25, 0.3) is 11.0 Å². The molecule has 1 aromatic heterocycles. The number of nitrogens with one attached hydrogen (secondary N) is 1. The molecule has 1 atom stereocenters. The molecule has 27 heavy (non-hydrogen) atoms. The summed E-state index contributed by atoms with van der Waals surface area (Å²) in [5.74, 6) is 0.121. The van der Waals surface area contributed by atoms with E-state index in [2.05, 4.69) is 30.1 Å². The summed E-state index contributed by atoms with van der Waals surface area (Å²) in [6, 6.07) is 9.77. The van der Waals surface area contributed by atoms with E-state index in [0.29, 0.717) is 29.5 Å². The van der Waals surface area contributed by atoms with Crippen molar-refractivity contribution in [3.63, 3.8) is 0 Å². The molecule has 1 aliphatic rings. The molecule has 2 heterocycles. The number of hydrogen-bond acceptors (Lipinski definition) is 5. The Morgan fingerprint density at radius 1 is 1.30 bits per heavy atom. The van der Waals surface area contributed by atoms with Gasteiger partial charge < -0.3 is 10.2 Å². The third kappa shape index (κ3) is 4.36. The minimum Gasteiger partial charge on any atom is -0.355 e. The van der Waals surface area contributed by atoms with Gasteiger partial charge in [-0.05, 0) is 37.3 Å². The van der Waals surface area contributed by atoms with E-state index in [4.69, 9.17) is 9.97 Å². The van der Waals surface area contributed by atoms with Gasteiger partial charge in [-0.25, -0.2) is 9.97 Å². The molecule has 142 valence electrons. The molecule has 0 unspecified atom stereocenters. The lowest BCUT2D eigenvalue weighted by molar-refractivity contribution is -0.121. The molecule has 0 radical (unpaired) electrons. The smallest absolute Gasteiger partial charge is 0.243 e. The fourth-order valence-electron chi connectivity index (χ4n) is 3.39. The van der Waals surface area contributed by atoms with Crippen molar-refractivity contribution in [2.45, 2.75) is 45.4 Å². The zero-order valence-electron chi connectivity index (χ0n) is 16.1. The molecular weight excluding hydrogens is 338 g/mol. The van der Waals surface area contributed by atoms with E-state index >= 15 is 0 Å². The number of para-hydroxylation sites is 2. The van der Waals surface area contributed by atoms with Crippen molar-refractivity contribution >= 4 is 22.8 Å². The topological polar surface area (TPSA) is 81.9 Å². The summed E-state index contributed by atoms with van der Waals surface area (Å²) in [5.41, 5.74) is 1.97. The van der Waals surface area contributed by atoms with Crippen LogP contribution in [0.2, 0.25) is 0 Å². The first kappa shape index (κ1) is 19.1. The van der Waals surface area contributed by atoms with Crippen LogP contribution < -0.4 is 10.2 Å². The van der Waals surface area contributed by atoms with Gasteiger partial charge in [0.05, 0.1) is 17.1 Å². The highest BCUT2D eigenvalue weighted by atomic mass is 16.1. The van der Waals surface area contributed by atoms with Crippen LogP contribution in [-0.4, -0.2) is 35.5 Å². The molecular formula is C21H27N5O. The van der Waals surface area contributed by atoms with Gasteiger partial charge in [-0.15, -0.1) is 0 Å². The molecule has 6 nitrogen and oxygen atoms in total. The Balaban J connectivity index is 1.99. The molecule has 0 bridgehead atoms. The first-order valence-electron chi connectivity index (χ1n) is 9.83. The number of nitriles is 1. The van der Waals surface area contributed by atoms with Gasteiger partial charge in [0.15, 0.2) is 11.7 Å². The van der Waals surface area contributed by atoms with Gasteiger partial charge in [0.25, 0.3) is 0 Å². The number of fused-ring (bicyclic) bond motifs is 1. The van der Waals surface area contributed by atoms with Crippen LogP contribution in [0.4, 0.5) is 5.82 Å². The molecule has 0 spiro atoms. The number of carbonyl (C=O) groups is 1. The maximum atomic E-state index is 12.7. The Labute approximate surface area is 160 Å². The number of hydrogen-bond donors (Lipinski definition) is 1. The van der Waals surface area contributed by atoms with Gasteiger partial charge in [0.2, 0.25) is 5.91 Å². The summed E-state index contributed by atoms with van der Waals surface area (Å²) in [6.07, 6.45) is 4.04. The average molecular weight is 365 g/mol. The van der Waals surface area contributed by atoms with Crippen LogP contribution in [-0.2, 0) is 4.79 Å². The van der Waals surface area contributed by atoms with E-state index in [1.807, 2.05) is 24.3 Å². The van der Waals surface area contributed by atoms with Crippen LogP contribution in [0.15, 0.2) is 24.3 Å². The summed E-state index contributed by atoms with van der Waals surface area (Å²) in [7, 11) is 0. The Bertz CT molecular complexity index is 836. The van der Waals surface area contributed by atoms with E-state index in [1.165, 1.54) is 0 Å². The lowest BCUT2D eigenvalue weighted by Gasteiger charge is -2.32. The van der Waals surface area contributed by atoms with E-state index < -0.39 is 5.92 Å². The highest BCUT2D eigenvalue weighted by Gasteiger charge is 2.29. The van der Waals surface area contributed by atoms with Gasteiger partial charge in [-0.1, -0.05) is 32.4 Å². The Hall–Kier alpha value is -2.68. The molecule has 2 aromatic rings. The molecule has 0 aliphatic carbocycles. The van der Waals surface area contributed by atoms with Crippen molar-refractivity contribution in [1.82, 2.24) is 15.3 Å². The van der Waals surface area contributed by atoms with Gasteiger partial charge in [-0.3, -0.25) is 4.79 Å². The number of benzene rings is 1. The summed E-state index contributed by atoms with van der Waals surface area (Å²) >= 11 is 0. The molecule has 1 fully saturated rings. The maximum absolute atomic E-state index is 12.7. The second-order valence-corrected chi connectivity index (χ2v) is 7.30. The highest BCUT2D eigenvalue weighted by molar-refractivity contribution is 5.88. The van der Waals surface area contributed by atoms with Crippen molar-refractivity contribution in [3.05, 3.63) is 30.0 Å². The van der Waals surface area contributed by atoms with E-state index in [-0.39, 0.29) is 5.91 Å². The standard InChI is InChI=1S/C21H27N5O/c1-3-4-11-23-21(27)16(14-22)19-20(26-12-9-15(2)10-13-26)25-18-8-6-5-7-17(18)24-19/h5-8,15-16H,3-4,9-13H2,1-2H3,(H,23,27)/t16-/m0/s1. The summed E-state index contributed by atoms with van der Waals surface area (Å²) in [5, 5.41) is 12.6. The first-order valence-corrected chi connectivity index (χ1v) is 9.83. The first-order chi connectivity index (χ1) is 13.1. The Kier molecular flexibility index (Phi) is 6.23. The number of rotatable bonds is 6. The van der Waals surface area contributed by atoms with Gasteiger partial charge in [0, 0.05) is 19.6 Å². The second kappa shape index (κ2) is 8.81. The summed E-state index contributed by atoms with van der Waals surface area (Å²) in [4.78, 5) is 24.3.